The fourth-order valence-corrected chi connectivity index (χ4v) is 2.34. The van der Waals surface area contributed by atoms with E-state index in [4.69, 9.17) is 15.1 Å². The topological polar surface area (TPSA) is 87.5 Å². The van der Waals surface area contributed by atoms with E-state index in [-0.39, 0.29) is 12.6 Å². The van der Waals surface area contributed by atoms with Gasteiger partial charge in [-0.3, -0.25) is 9.63 Å². The molecule has 7 heteroatoms. The van der Waals surface area contributed by atoms with Crippen LogP contribution in [0.2, 0.25) is 0 Å². The Bertz CT molecular complexity index is 666. The third kappa shape index (κ3) is 3.83. The van der Waals surface area contributed by atoms with Crippen LogP contribution in [0.15, 0.2) is 54.2 Å². The van der Waals surface area contributed by atoms with Gasteiger partial charge in [0.1, 0.15) is 0 Å². The molecule has 1 aliphatic heterocycles. The van der Waals surface area contributed by atoms with Crippen molar-refractivity contribution in [2.24, 2.45) is 10.5 Å². The van der Waals surface area contributed by atoms with Gasteiger partial charge in [-0.05, 0) is 31.0 Å². The Morgan fingerprint density at radius 3 is 2.79 bits per heavy atom. The maximum Gasteiger partial charge on any atom is 0.257 e. The highest BCUT2D eigenvalue weighted by atomic mass is 16.7. The monoisotopic (exact) mass is 328 g/mol. The van der Waals surface area contributed by atoms with Crippen LogP contribution in [0.5, 0.6) is 0 Å². The van der Waals surface area contributed by atoms with E-state index in [0.29, 0.717) is 0 Å². The van der Waals surface area contributed by atoms with Crippen molar-refractivity contribution in [1.29, 1.82) is 0 Å². The van der Waals surface area contributed by atoms with Crippen molar-refractivity contribution in [1.82, 2.24) is 5.06 Å². The number of carbonyl (C=O) groups is 1. The van der Waals surface area contributed by atoms with Gasteiger partial charge in [0.05, 0.1) is 11.5 Å². The number of ether oxygens (including phenoxy) is 1. The Balaban J connectivity index is 2.20. The molecule has 1 heterocycles. The quantitative estimate of drug-likeness (QED) is 0.345. The average Bonchev–Trinajstić information content (AvgIpc) is 2.59. The molecule has 24 heavy (non-hydrogen) atoms. The van der Waals surface area contributed by atoms with Gasteiger partial charge < -0.3 is 4.74 Å². The molecule has 0 N–H and O–H groups in total. The van der Waals surface area contributed by atoms with Gasteiger partial charge in [-0.25, -0.2) is 0 Å². The fourth-order valence-electron chi connectivity index (χ4n) is 2.34. The highest BCUT2D eigenvalue weighted by Crippen LogP contribution is 2.35. The summed E-state index contributed by atoms with van der Waals surface area (Å²) in [5.74, 6) is -0.269. The molecule has 0 aromatic heterocycles. The van der Waals surface area contributed by atoms with Crippen LogP contribution < -0.4 is 0 Å². The molecule has 0 bridgehead atoms. The molecule has 1 aliphatic rings. The van der Waals surface area contributed by atoms with Crippen LogP contribution >= 0.6 is 0 Å². The molecular formula is C17H20N4O3. The molecule has 1 saturated heterocycles. The van der Waals surface area contributed by atoms with E-state index in [2.05, 4.69) is 16.6 Å². The normalized spacial score (nSPS) is 23.1. The van der Waals surface area contributed by atoms with E-state index in [9.17, 15) is 4.79 Å². The second-order valence-electron chi connectivity index (χ2n) is 5.79. The molecule has 2 atom stereocenters. The zero-order chi connectivity index (χ0) is 17.6. The lowest BCUT2D eigenvalue weighted by Gasteiger charge is -2.44. The fraction of sp³-hybridized carbons (Fsp3) is 0.353. The van der Waals surface area contributed by atoms with Crippen molar-refractivity contribution in [3.63, 3.8) is 0 Å². The Hall–Kier alpha value is -2.60. The summed E-state index contributed by atoms with van der Waals surface area (Å²) in [6.07, 6.45) is 4.02. The lowest BCUT2D eigenvalue weighted by molar-refractivity contribution is -0.274. The largest absolute Gasteiger partial charge is 0.344 e. The average molecular weight is 328 g/mol. The summed E-state index contributed by atoms with van der Waals surface area (Å²) in [4.78, 5) is 20.6. The van der Waals surface area contributed by atoms with Crippen LogP contribution in [0.1, 0.15) is 19.4 Å². The summed E-state index contributed by atoms with van der Waals surface area (Å²) in [6, 6.07) is 9.75. The molecule has 1 fully saturated rings. The van der Waals surface area contributed by atoms with Crippen molar-refractivity contribution in [2.45, 2.75) is 26.2 Å². The molecule has 0 aliphatic carbocycles. The van der Waals surface area contributed by atoms with Crippen LogP contribution in [0.3, 0.4) is 0 Å². The second-order valence-corrected chi connectivity index (χ2v) is 5.79. The molecule has 0 spiro atoms. The van der Waals surface area contributed by atoms with Crippen LogP contribution in [0, 0.1) is 5.41 Å². The number of nitrogens with zero attached hydrogens (tertiary/aromatic N) is 4. The molecule has 1 aromatic rings. The zero-order valence-electron chi connectivity index (χ0n) is 13.7. The highest BCUT2D eigenvalue weighted by molar-refractivity contribution is 5.83. The van der Waals surface area contributed by atoms with Crippen molar-refractivity contribution < 1.29 is 14.4 Å². The summed E-state index contributed by atoms with van der Waals surface area (Å²) < 4.78 is 5.93. The first kappa shape index (κ1) is 17.7. The number of hydrogen-bond donors (Lipinski definition) is 0. The summed E-state index contributed by atoms with van der Waals surface area (Å²) in [5, 5.41) is 4.34. The molecule has 1 amide bonds. The van der Waals surface area contributed by atoms with Crippen molar-refractivity contribution in [2.75, 3.05) is 6.73 Å². The number of hydrogen-bond acceptors (Lipinski definition) is 4. The standard InChI is InChI=1S/C17H20N4O3/c1-4-15-21(23-12-19-20-18)16(22)17(2,3)14(24-15)11-10-13-8-6-5-7-9-13/h4-11,14-15H,1,12H2,2-3H3/b11-10+. The van der Waals surface area contributed by atoms with Gasteiger partial charge in [0.15, 0.2) is 13.0 Å². The minimum absolute atomic E-state index is 0.269. The number of carbonyl (C=O) groups excluding carboxylic acids is 1. The third-order valence-corrected chi connectivity index (χ3v) is 3.76. The van der Waals surface area contributed by atoms with Crippen LogP contribution in [0.25, 0.3) is 16.5 Å². The summed E-state index contributed by atoms with van der Waals surface area (Å²) >= 11 is 0. The first-order chi connectivity index (χ1) is 11.5. The van der Waals surface area contributed by atoms with Crippen LogP contribution in [0.4, 0.5) is 0 Å². The summed E-state index contributed by atoms with van der Waals surface area (Å²) in [5.41, 5.74) is 8.49. The molecule has 7 nitrogen and oxygen atoms in total. The number of rotatable bonds is 6. The first-order valence-corrected chi connectivity index (χ1v) is 7.49. The number of benzene rings is 1. The third-order valence-electron chi connectivity index (χ3n) is 3.76. The first-order valence-electron chi connectivity index (χ1n) is 7.49. The second kappa shape index (κ2) is 7.79. The summed E-state index contributed by atoms with van der Waals surface area (Å²) in [7, 11) is 0. The molecule has 2 rings (SSSR count). The highest BCUT2D eigenvalue weighted by Gasteiger charge is 2.47. The van der Waals surface area contributed by atoms with Gasteiger partial charge in [-0.2, -0.15) is 5.06 Å². The van der Waals surface area contributed by atoms with E-state index in [1.165, 1.54) is 6.08 Å². The van der Waals surface area contributed by atoms with Crippen LogP contribution in [-0.4, -0.2) is 30.0 Å². The molecule has 1 aromatic carbocycles. The Morgan fingerprint density at radius 2 is 2.17 bits per heavy atom. The lowest BCUT2D eigenvalue weighted by atomic mass is 9.83. The van der Waals surface area contributed by atoms with Gasteiger partial charge in [0.25, 0.3) is 5.91 Å². The number of hydroxylamine groups is 2. The number of azide groups is 1. The van der Waals surface area contributed by atoms with Crippen molar-refractivity contribution in [3.05, 3.63) is 65.1 Å². The van der Waals surface area contributed by atoms with E-state index in [1.54, 1.807) is 13.8 Å². The predicted octanol–water partition coefficient (Wildman–Crippen LogP) is 3.66. The summed E-state index contributed by atoms with van der Waals surface area (Å²) in [6.45, 7) is 6.93. The van der Waals surface area contributed by atoms with E-state index < -0.39 is 17.7 Å². The number of amides is 1. The zero-order valence-corrected chi connectivity index (χ0v) is 13.7. The molecular weight excluding hydrogens is 308 g/mol. The van der Waals surface area contributed by atoms with Gasteiger partial charge in [-0.1, -0.05) is 54.2 Å². The predicted molar refractivity (Wildman–Crippen MR) is 90.1 cm³/mol. The maximum atomic E-state index is 12.7. The van der Waals surface area contributed by atoms with E-state index >= 15 is 0 Å². The Morgan fingerprint density at radius 1 is 1.46 bits per heavy atom. The van der Waals surface area contributed by atoms with E-state index in [1.807, 2.05) is 42.5 Å². The molecule has 0 radical (unpaired) electrons. The minimum Gasteiger partial charge on any atom is -0.344 e. The molecule has 0 saturated carbocycles. The van der Waals surface area contributed by atoms with E-state index in [0.717, 1.165) is 10.6 Å². The van der Waals surface area contributed by atoms with Crippen LogP contribution in [-0.2, 0) is 14.4 Å². The van der Waals surface area contributed by atoms with Crippen molar-refractivity contribution >= 4 is 12.0 Å². The molecule has 126 valence electrons. The van der Waals surface area contributed by atoms with Crippen molar-refractivity contribution in [3.8, 4) is 0 Å². The van der Waals surface area contributed by atoms with Gasteiger partial charge in [0, 0.05) is 4.91 Å². The molecule has 2 unspecified atom stereocenters. The van der Waals surface area contributed by atoms with Gasteiger partial charge in [-0.15, -0.1) is 0 Å². The Labute approximate surface area is 140 Å². The Kier molecular flexibility index (Phi) is 5.76. The smallest absolute Gasteiger partial charge is 0.257 e. The van der Waals surface area contributed by atoms with Gasteiger partial charge >= 0.3 is 0 Å². The SMILES string of the molecule is C=CC1OC(/C=C/c2ccccc2)C(C)(C)C(=O)N1OCN=[N+]=[N-]. The lowest BCUT2D eigenvalue weighted by Crippen LogP contribution is -2.58. The minimum atomic E-state index is -0.846. The maximum absolute atomic E-state index is 12.7. The van der Waals surface area contributed by atoms with Gasteiger partial charge in [0.2, 0.25) is 0 Å².